The van der Waals surface area contributed by atoms with Crippen molar-refractivity contribution in [3.05, 3.63) is 94.0 Å². The van der Waals surface area contributed by atoms with Gasteiger partial charge in [0, 0.05) is 30.2 Å². The number of nitrogens with zero attached hydrogens (tertiary/aromatic N) is 3. The third kappa shape index (κ3) is 3.71. The molecule has 0 aliphatic heterocycles. The molecule has 0 aliphatic carbocycles. The fourth-order valence-corrected chi connectivity index (χ4v) is 4.13. The van der Waals surface area contributed by atoms with E-state index in [0.717, 1.165) is 35.2 Å². The minimum atomic E-state index is -0.553. The Morgan fingerprint density at radius 2 is 1.74 bits per heavy atom. The van der Waals surface area contributed by atoms with Crippen LogP contribution in [-0.4, -0.2) is 29.5 Å². The van der Waals surface area contributed by atoms with E-state index in [2.05, 4.69) is 10.2 Å². The quantitative estimate of drug-likeness (QED) is 0.365. The van der Waals surface area contributed by atoms with Gasteiger partial charge in [0.15, 0.2) is 5.82 Å². The largest absolute Gasteiger partial charge is 0.508 e. The van der Waals surface area contributed by atoms with E-state index in [4.69, 9.17) is 0 Å². The second-order valence-corrected chi connectivity index (χ2v) is 8.09. The van der Waals surface area contributed by atoms with Gasteiger partial charge in [0.2, 0.25) is 0 Å². The lowest BCUT2D eigenvalue weighted by atomic mass is 10.00. The standard InChI is InChI=1S/C25H20F2N4O3/c1-30-9-8-15-11-18(5-7-21(15)30)31-24(28-29-25(31)34)19-12-16(22(32)13-23(19)33)3-2-14-10-17(26)4-6-20(14)27/h4-13,32-33H,2-3H2,1H3,(H,29,34). The van der Waals surface area contributed by atoms with Gasteiger partial charge in [-0.3, -0.25) is 0 Å². The Morgan fingerprint density at radius 1 is 0.941 bits per heavy atom. The zero-order valence-corrected chi connectivity index (χ0v) is 18.1. The second-order valence-electron chi connectivity index (χ2n) is 8.09. The molecule has 0 spiro atoms. The van der Waals surface area contributed by atoms with E-state index in [0.29, 0.717) is 11.3 Å². The monoisotopic (exact) mass is 462 g/mol. The Bertz CT molecular complexity index is 1600. The number of aromatic hydroxyl groups is 2. The van der Waals surface area contributed by atoms with Crippen LogP contribution >= 0.6 is 0 Å². The molecule has 0 unspecified atom stereocenters. The van der Waals surface area contributed by atoms with Gasteiger partial charge in [0.1, 0.15) is 23.1 Å². The van der Waals surface area contributed by atoms with Gasteiger partial charge in [-0.05, 0) is 72.5 Å². The molecule has 3 aromatic carbocycles. The smallest absolute Gasteiger partial charge is 0.348 e. The van der Waals surface area contributed by atoms with Crippen molar-refractivity contribution in [2.24, 2.45) is 7.05 Å². The first-order valence-corrected chi connectivity index (χ1v) is 10.5. The van der Waals surface area contributed by atoms with Gasteiger partial charge in [0.25, 0.3) is 0 Å². The Morgan fingerprint density at radius 3 is 2.56 bits per heavy atom. The minimum Gasteiger partial charge on any atom is -0.508 e. The molecule has 5 aromatic rings. The number of aryl methyl sites for hydroxylation is 3. The average molecular weight is 462 g/mol. The number of phenols is 2. The Balaban J connectivity index is 1.55. The summed E-state index contributed by atoms with van der Waals surface area (Å²) < 4.78 is 30.8. The number of phenolic OH excluding ortho intramolecular Hbond substituents is 2. The van der Waals surface area contributed by atoms with Crippen molar-refractivity contribution in [2.45, 2.75) is 12.8 Å². The lowest BCUT2D eigenvalue weighted by molar-refractivity contribution is 0.446. The number of H-pyrrole nitrogens is 1. The fourth-order valence-electron chi connectivity index (χ4n) is 4.13. The summed E-state index contributed by atoms with van der Waals surface area (Å²) in [7, 11) is 1.92. The van der Waals surface area contributed by atoms with Gasteiger partial charge in [-0.25, -0.2) is 23.2 Å². The molecule has 0 radical (unpaired) electrons. The summed E-state index contributed by atoms with van der Waals surface area (Å²) in [6.45, 7) is 0. The Kier molecular flexibility index (Phi) is 5.16. The van der Waals surface area contributed by atoms with Crippen LogP contribution in [0.25, 0.3) is 28.0 Å². The zero-order valence-electron chi connectivity index (χ0n) is 18.1. The molecule has 0 amide bonds. The zero-order chi connectivity index (χ0) is 24.0. The molecule has 7 nitrogen and oxygen atoms in total. The first kappa shape index (κ1) is 21.4. The topological polar surface area (TPSA) is 96.1 Å². The van der Waals surface area contributed by atoms with Crippen LogP contribution in [0, 0.1) is 11.6 Å². The molecule has 2 heterocycles. The Hall–Kier alpha value is -4.40. The molecule has 172 valence electrons. The van der Waals surface area contributed by atoms with Crippen molar-refractivity contribution in [2.75, 3.05) is 0 Å². The predicted molar refractivity (Wildman–Crippen MR) is 123 cm³/mol. The fraction of sp³-hybridized carbons (Fsp3) is 0.120. The second kappa shape index (κ2) is 8.18. The summed E-state index contributed by atoms with van der Waals surface area (Å²) in [6, 6.07) is 13.3. The number of aromatic nitrogens is 4. The summed E-state index contributed by atoms with van der Waals surface area (Å²) in [5.74, 6) is -1.43. The number of aromatic amines is 1. The molecular formula is C25H20F2N4O3. The molecule has 2 aromatic heterocycles. The molecule has 0 bridgehead atoms. The van der Waals surface area contributed by atoms with E-state index in [1.165, 1.54) is 10.6 Å². The van der Waals surface area contributed by atoms with Gasteiger partial charge in [-0.1, -0.05) is 0 Å². The van der Waals surface area contributed by atoms with Crippen molar-refractivity contribution in [3.63, 3.8) is 0 Å². The lowest BCUT2D eigenvalue weighted by Gasteiger charge is -2.12. The highest BCUT2D eigenvalue weighted by atomic mass is 19.1. The van der Waals surface area contributed by atoms with Crippen LogP contribution in [-0.2, 0) is 19.9 Å². The summed E-state index contributed by atoms with van der Waals surface area (Å²) in [4.78, 5) is 12.6. The van der Waals surface area contributed by atoms with E-state index in [9.17, 15) is 23.8 Å². The van der Waals surface area contributed by atoms with Crippen LogP contribution in [0.1, 0.15) is 11.1 Å². The molecule has 34 heavy (non-hydrogen) atoms. The number of hydrogen-bond donors (Lipinski definition) is 3. The molecule has 9 heteroatoms. The van der Waals surface area contributed by atoms with Gasteiger partial charge in [-0.15, -0.1) is 0 Å². The van der Waals surface area contributed by atoms with Crippen LogP contribution in [0.5, 0.6) is 11.5 Å². The van der Waals surface area contributed by atoms with Gasteiger partial charge in [-0.2, -0.15) is 5.10 Å². The van der Waals surface area contributed by atoms with E-state index >= 15 is 0 Å². The van der Waals surface area contributed by atoms with Crippen LogP contribution in [0.2, 0.25) is 0 Å². The normalized spacial score (nSPS) is 11.4. The van der Waals surface area contributed by atoms with E-state index in [1.807, 2.05) is 36.0 Å². The molecular weight excluding hydrogens is 442 g/mol. The van der Waals surface area contributed by atoms with Crippen molar-refractivity contribution < 1.29 is 19.0 Å². The molecule has 3 N–H and O–H groups in total. The first-order valence-electron chi connectivity index (χ1n) is 10.5. The summed E-state index contributed by atoms with van der Waals surface area (Å²) in [5.41, 5.74) is 1.79. The van der Waals surface area contributed by atoms with Crippen LogP contribution in [0.15, 0.2) is 65.6 Å². The maximum Gasteiger partial charge on any atom is 0.348 e. The lowest BCUT2D eigenvalue weighted by Crippen LogP contribution is -2.15. The summed E-state index contributed by atoms with van der Waals surface area (Å²) in [6.07, 6.45) is 2.20. The van der Waals surface area contributed by atoms with Crippen molar-refractivity contribution in [1.82, 2.24) is 19.3 Å². The maximum atomic E-state index is 14.0. The predicted octanol–water partition coefficient (Wildman–Crippen LogP) is 4.19. The SMILES string of the molecule is Cn1ccc2cc(-n3c(-c4cc(CCc5cc(F)ccc5F)c(O)cc4O)n[nH]c3=O)ccc21. The minimum absolute atomic E-state index is 0.124. The number of hydrogen-bond acceptors (Lipinski definition) is 4. The maximum absolute atomic E-state index is 14.0. The highest BCUT2D eigenvalue weighted by Crippen LogP contribution is 2.35. The highest BCUT2D eigenvalue weighted by molar-refractivity contribution is 5.82. The van der Waals surface area contributed by atoms with Crippen LogP contribution in [0.4, 0.5) is 8.78 Å². The van der Waals surface area contributed by atoms with Gasteiger partial charge < -0.3 is 14.8 Å². The Labute approximate surface area is 192 Å². The van der Waals surface area contributed by atoms with Crippen LogP contribution in [0.3, 0.4) is 0 Å². The van der Waals surface area contributed by atoms with Crippen LogP contribution < -0.4 is 5.69 Å². The third-order valence-corrected chi connectivity index (χ3v) is 5.91. The summed E-state index contributed by atoms with van der Waals surface area (Å²) in [5, 5.41) is 28.3. The van der Waals surface area contributed by atoms with Gasteiger partial charge in [0.05, 0.1) is 11.3 Å². The average Bonchev–Trinajstić information content (AvgIpc) is 3.37. The number of fused-ring (bicyclic) bond motifs is 1. The number of halogens is 2. The third-order valence-electron chi connectivity index (χ3n) is 5.91. The van der Waals surface area contributed by atoms with E-state index < -0.39 is 17.3 Å². The first-order chi connectivity index (χ1) is 16.3. The van der Waals surface area contributed by atoms with E-state index in [1.54, 1.807) is 6.07 Å². The number of rotatable bonds is 5. The van der Waals surface area contributed by atoms with Gasteiger partial charge >= 0.3 is 5.69 Å². The molecule has 0 fully saturated rings. The van der Waals surface area contributed by atoms with Crippen molar-refractivity contribution >= 4 is 10.9 Å². The van der Waals surface area contributed by atoms with E-state index in [-0.39, 0.29) is 41.3 Å². The van der Waals surface area contributed by atoms with Crippen molar-refractivity contribution in [1.29, 1.82) is 0 Å². The summed E-state index contributed by atoms with van der Waals surface area (Å²) >= 11 is 0. The number of nitrogens with one attached hydrogen (secondary N) is 1. The molecule has 0 aliphatic rings. The molecule has 0 saturated heterocycles. The molecule has 0 atom stereocenters. The number of benzene rings is 3. The van der Waals surface area contributed by atoms with Crippen molar-refractivity contribution in [3.8, 4) is 28.6 Å². The molecule has 5 rings (SSSR count). The highest BCUT2D eigenvalue weighted by Gasteiger charge is 2.19. The molecule has 0 saturated carbocycles.